The third-order valence-corrected chi connectivity index (χ3v) is 4.20. The number of furan rings is 1. The predicted octanol–water partition coefficient (Wildman–Crippen LogP) is 3.11. The number of hydrogen-bond donors (Lipinski definition) is 2. The second kappa shape index (κ2) is 5.97. The summed E-state index contributed by atoms with van der Waals surface area (Å²) in [5, 5.41) is 14.4. The Kier molecular flexibility index (Phi) is 4.03. The average Bonchev–Trinajstić information content (AvgIpc) is 2.98. The lowest BCUT2D eigenvalue weighted by Crippen LogP contribution is -2.41. The molecule has 2 N–H and O–H groups in total. The van der Waals surface area contributed by atoms with Gasteiger partial charge in [-0.2, -0.15) is 0 Å². The van der Waals surface area contributed by atoms with Gasteiger partial charge in [-0.25, -0.2) is 0 Å². The molecule has 2 atom stereocenters. The molecular formula is C18H21NO3. The first-order chi connectivity index (χ1) is 10.6. The monoisotopic (exact) mass is 299 g/mol. The topological polar surface area (TPSA) is 62.5 Å². The Morgan fingerprint density at radius 2 is 2.23 bits per heavy atom. The first-order valence-corrected chi connectivity index (χ1v) is 7.70. The maximum atomic E-state index is 12.2. The Hall–Kier alpha value is -2.07. The van der Waals surface area contributed by atoms with Crippen molar-refractivity contribution in [2.75, 3.05) is 6.54 Å². The summed E-state index contributed by atoms with van der Waals surface area (Å²) in [5.41, 5.74) is -0.486. The van der Waals surface area contributed by atoms with Crippen molar-refractivity contribution in [1.82, 2.24) is 5.32 Å². The van der Waals surface area contributed by atoms with Gasteiger partial charge in [0.1, 0.15) is 16.9 Å². The number of carbonyl (C=O) groups excluding carboxylic acids is 1. The summed E-state index contributed by atoms with van der Waals surface area (Å²) in [4.78, 5) is 12.2. The zero-order valence-corrected chi connectivity index (χ0v) is 12.7. The SMILES string of the molecule is C[C@@](O)(CNC(=O)[C@@H]1CC=CCC1)c1cc2ccccc2o1. The molecule has 1 heterocycles. The number of benzene rings is 1. The third kappa shape index (κ3) is 3.07. The molecule has 1 amide bonds. The van der Waals surface area contributed by atoms with Crippen LogP contribution in [-0.4, -0.2) is 17.6 Å². The summed E-state index contributed by atoms with van der Waals surface area (Å²) >= 11 is 0. The molecule has 4 nitrogen and oxygen atoms in total. The summed E-state index contributed by atoms with van der Waals surface area (Å²) in [7, 11) is 0. The highest BCUT2D eigenvalue weighted by atomic mass is 16.4. The van der Waals surface area contributed by atoms with Gasteiger partial charge in [0.15, 0.2) is 0 Å². The van der Waals surface area contributed by atoms with Gasteiger partial charge in [-0.05, 0) is 38.3 Å². The van der Waals surface area contributed by atoms with Crippen LogP contribution in [0.2, 0.25) is 0 Å². The second-order valence-corrected chi connectivity index (χ2v) is 6.12. The molecule has 1 aromatic carbocycles. The van der Waals surface area contributed by atoms with Gasteiger partial charge in [-0.3, -0.25) is 4.79 Å². The minimum atomic E-state index is -1.22. The summed E-state index contributed by atoms with van der Waals surface area (Å²) in [5.74, 6) is 0.481. The second-order valence-electron chi connectivity index (χ2n) is 6.12. The van der Waals surface area contributed by atoms with E-state index in [0.717, 1.165) is 30.2 Å². The molecule has 0 fully saturated rings. The van der Waals surface area contributed by atoms with Crippen LogP contribution in [0.15, 0.2) is 46.9 Å². The molecule has 22 heavy (non-hydrogen) atoms. The van der Waals surface area contributed by atoms with Gasteiger partial charge in [0.05, 0.1) is 6.54 Å². The zero-order chi connectivity index (χ0) is 15.6. The van der Waals surface area contributed by atoms with Crippen LogP contribution in [-0.2, 0) is 10.4 Å². The van der Waals surface area contributed by atoms with E-state index in [-0.39, 0.29) is 18.4 Å². The first-order valence-electron chi connectivity index (χ1n) is 7.70. The highest BCUT2D eigenvalue weighted by molar-refractivity contribution is 5.79. The number of aliphatic hydroxyl groups is 1. The molecule has 116 valence electrons. The molecule has 0 saturated heterocycles. The summed E-state index contributed by atoms with van der Waals surface area (Å²) < 4.78 is 5.70. The van der Waals surface area contributed by atoms with Gasteiger partial charge < -0.3 is 14.8 Å². The fourth-order valence-electron chi connectivity index (χ4n) is 2.77. The Balaban J connectivity index is 1.67. The molecule has 3 rings (SSSR count). The Labute approximate surface area is 129 Å². The smallest absolute Gasteiger partial charge is 0.223 e. The first kappa shape index (κ1) is 14.9. The van der Waals surface area contributed by atoms with E-state index in [0.29, 0.717) is 5.76 Å². The Morgan fingerprint density at radius 1 is 1.41 bits per heavy atom. The molecule has 4 heteroatoms. The van der Waals surface area contributed by atoms with Crippen molar-refractivity contribution >= 4 is 16.9 Å². The lowest BCUT2D eigenvalue weighted by Gasteiger charge is -2.23. The highest BCUT2D eigenvalue weighted by Gasteiger charge is 2.29. The Morgan fingerprint density at radius 3 is 2.95 bits per heavy atom. The van der Waals surface area contributed by atoms with E-state index in [1.54, 1.807) is 6.92 Å². The van der Waals surface area contributed by atoms with Crippen LogP contribution in [0.3, 0.4) is 0 Å². The van der Waals surface area contributed by atoms with E-state index in [2.05, 4.69) is 11.4 Å². The number of hydrogen-bond acceptors (Lipinski definition) is 3. The minimum Gasteiger partial charge on any atom is -0.458 e. The van der Waals surface area contributed by atoms with Crippen molar-refractivity contribution in [3.8, 4) is 0 Å². The van der Waals surface area contributed by atoms with Crippen molar-refractivity contribution in [3.63, 3.8) is 0 Å². The van der Waals surface area contributed by atoms with Crippen LogP contribution in [0.5, 0.6) is 0 Å². The number of rotatable bonds is 4. The normalized spacial score (nSPS) is 20.7. The lowest BCUT2D eigenvalue weighted by atomic mass is 9.93. The average molecular weight is 299 g/mol. The van der Waals surface area contributed by atoms with Gasteiger partial charge >= 0.3 is 0 Å². The Bertz CT molecular complexity index is 666. The predicted molar refractivity (Wildman–Crippen MR) is 85.3 cm³/mol. The van der Waals surface area contributed by atoms with E-state index >= 15 is 0 Å². The van der Waals surface area contributed by atoms with Crippen LogP contribution >= 0.6 is 0 Å². The summed E-state index contributed by atoms with van der Waals surface area (Å²) in [6, 6.07) is 9.44. The molecule has 0 spiro atoms. The minimum absolute atomic E-state index is 0.000682. The van der Waals surface area contributed by atoms with Crippen molar-refractivity contribution in [2.45, 2.75) is 31.8 Å². The zero-order valence-electron chi connectivity index (χ0n) is 12.7. The van der Waals surface area contributed by atoms with E-state index in [1.165, 1.54) is 0 Å². The molecule has 0 unspecified atom stereocenters. The van der Waals surface area contributed by atoms with E-state index in [1.807, 2.05) is 36.4 Å². The standard InChI is InChI=1S/C18H21NO3/c1-18(21,12-19-17(20)13-7-3-2-4-8-13)16-11-14-9-5-6-10-15(14)22-16/h2-3,5-6,9-11,13,21H,4,7-8,12H2,1H3,(H,19,20)/t13-,18-/m1/s1. The van der Waals surface area contributed by atoms with E-state index in [4.69, 9.17) is 4.42 Å². The maximum Gasteiger partial charge on any atom is 0.223 e. The summed E-state index contributed by atoms with van der Waals surface area (Å²) in [6.07, 6.45) is 6.74. The van der Waals surface area contributed by atoms with Crippen LogP contribution in [0.25, 0.3) is 11.0 Å². The molecule has 1 aliphatic rings. The molecule has 0 radical (unpaired) electrons. The molecule has 1 aromatic heterocycles. The van der Waals surface area contributed by atoms with Crippen molar-refractivity contribution in [1.29, 1.82) is 0 Å². The molecule has 0 saturated carbocycles. The van der Waals surface area contributed by atoms with Gasteiger partial charge in [0.2, 0.25) is 5.91 Å². The molecule has 0 aliphatic heterocycles. The van der Waals surface area contributed by atoms with E-state index < -0.39 is 5.60 Å². The molecule has 2 aromatic rings. The number of nitrogens with one attached hydrogen (secondary N) is 1. The largest absolute Gasteiger partial charge is 0.458 e. The van der Waals surface area contributed by atoms with Crippen LogP contribution in [0.1, 0.15) is 31.9 Å². The van der Waals surface area contributed by atoms with Crippen molar-refractivity contribution < 1.29 is 14.3 Å². The van der Waals surface area contributed by atoms with Crippen molar-refractivity contribution in [3.05, 3.63) is 48.2 Å². The number of allylic oxidation sites excluding steroid dienone is 2. The van der Waals surface area contributed by atoms with E-state index in [9.17, 15) is 9.90 Å². The summed E-state index contributed by atoms with van der Waals surface area (Å²) in [6.45, 7) is 1.80. The molecule has 1 aliphatic carbocycles. The quantitative estimate of drug-likeness (QED) is 0.853. The van der Waals surface area contributed by atoms with Gasteiger partial charge in [0, 0.05) is 11.3 Å². The van der Waals surface area contributed by atoms with Gasteiger partial charge in [-0.1, -0.05) is 30.4 Å². The number of amides is 1. The number of fused-ring (bicyclic) bond motifs is 1. The molecule has 0 bridgehead atoms. The lowest BCUT2D eigenvalue weighted by molar-refractivity contribution is -0.126. The van der Waals surface area contributed by atoms with Gasteiger partial charge in [-0.15, -0.1) is 0 Å². The molecular weight excluding hydrogens is 278 g/mol. The fraction of sp³-hybridized carbons (Fsp3) is 0.389. The highest BCUT2D eigenvalue weighted by Crippen LogP contribution is 2.27. The van der Waals surface area contributed by atoms with Crippen molar-refractivity contribution in [2.24, 2.45) is 5.92 Å². The number of para-hydroxylation sites is 1. The van der Waals surface area contributed by atoms with Gasteiger partial charge in [0.25, 0.3) is 0 Å². The van der Waals surface area contributed by atoms with Crippen LogP contribution in [0, 0.1) is 5.92 Å². The third-order valence-electron chi connectivity index (χ3n) is 4.20. The number of carbonyl (C=O) groups is 1. The van der Waals surface area contributed by atoms with Crippen LogP contribution in [0.4, 0.5) is 0 Å². The van der Waals surface area contributed by atoms with Crippen LogP contribution < -0.4 is 5.32 Å². The fourth-order valence-corrected chi connectivity index (χ4v) is 2.77. The maximum absolute atomic E-state index is 12.2.